The predicted octanol–water partition coefficient (Wildman–Crippen LogP) is 4.17. The SMILES string of the molecule is CCC(=O)Nc1c[nH]c2ncc(Br)c(N3CCCC(NC(=O)OC(C)(C)C)C3)c12. The summed E-state index contributed by atoms with van der Waals surface area (Å²) in [6.07, 6.45) is 5.33. The van der Waals surface area contributed by atoms with Gasteiger partial charge < -0.3 is 25.3 Å². The lowest BCUT2D eigenvalue weighted by atomic mass is 10.0. The molecule has 0 aromatic carbocycles. The summed E-state index contributed by atoms with van der Waals surface area (Å²) in [6, 6.07) is -0.0265. The van der Waals surface area contributed by atoms with E-state index in [1.807, 2.05) is 27.7 Å². The Labute approximate surface area is 178 Å². The van der Waals surface area contributed by atoms with Crippen LogP contribution in [0.1, 0.15) is 47.0 Å². The number of halogens is 1. The number of nitrogens with zero attached hydrogens (tertiary/aromatic N) is 2. The van der Waals surface area contributed by atoms with Gasteiger partial charge in [0, 0.05) is 37.9 Å². The van der Waals surface area contributed by atoms with E-state index in [0.717, 1.165) is 34.9 Å². The molecule has 0 aliphatic carbocycles. The maximum absolute atomic E-state index is 12.2. The maximum atomic E-state index is 12.2. The lowest BCUT2D eigenvalue weighted by molar-refractivity contribution is -0.115. The molecule has 9 heteroatoms. The lowest BCUT2D eigenvalue weighted by Crippen LogP contribution is -2.49. The van der Waals surface area contributed by atoms with Gasteiger partial charge in [-0.15, -0.1) is 0 Å². The second-order valence-electron chi connectivity index (χ2n) is 8.21. The molecule has 3 heterocycles. The van der Waals surface area contributed by atoms with Gasteiger partial charge in [0.05, 0.1) is 21.2 Å². The third kappa shape index (κ3) is 5.20. The summed E-state index contributed by atoms with van der Waals surface area (Å²) in [7, 11) is 0. The monoisotopic (exact) mass is 465 g/mol. The Bertz CT molecular complexity index is 905. The molecule has 0 bridgehead atoms. The Balaban J connectivity index is 1.85. The number of hydrogen-bond acceptors (Lipinski definition) is 5. The van der Waals surface area contributed by atoms with Crippen LogP contribution < -0.4 is 15.5 Å². The first-order valence-corrected chi connectivity index (χ1v) is 10.7. The number of pyridine rings is 1. The molecule has 29 heavy (non-hydrogen) atoms. The van der Waals surface area contributed by atoms with Crippen molar-refractivity contribution in [3.05, 3.63) is 16.9 Å². The van der Waals surface area contributed by atoms with Gasteiger partial charge in [-0.05, 0) is 49.5 Å². The normalized spacial score (nSPS) is 17.3. The summed E-state index contributed by atoms with van der Waals surface area (Å²) >= 11 is 3.62. The molecular weight excluding hydrogens is 438 g/mol. The van der Waals surface area contributed by atoms with Crippen LogP contribution in [0, 0.1) is 0 Å². The highest BCUT2D eigenvalue weighted by atomic mass is 79.9. The van der Waals surface area contributed by atoms with Gasteiger partial charge in [0.2, 0.25) is 5.91 Å². The fourth-order valence-electron chi connectivity index (χ4n) is 3.47. The molecule has 158 valence electrons. The van der Waals surface area contributed by atoms with E-state index in [0.29, 0.717) is 24.3 Å². The highest BCUT2D eigenvalue weighted by Gasteiger charge is 2.27. The highest BCUT2D eigenvalue weighted by Crippen LogP contribution is 2.39. The number of nitrogens with one attached hydrogen (secondary N) is 3. The highest BCUT2D eigenvalue weighted by molar-refractivity contribution is 9.10. The quantitative estimate of drug-likeness (QED) is 0.628. The molecule has 3 rings (SSSR count). The van der Waals surface area contributed by atoms with E-state index in [9.17, 15) is 9.59 Å². The van der Waals surface area contributed by atoms with Crippen LogP contribution in [-0.4, -0.2) is 46.7 Å². The number of rotatable bonds is 4. The second kappa shape index (κ2) is 8.61. The summed E-state index contributed by atoms with van der Waals surface area (Å²) in [5.41, 5.74) is 1.84. The van der Waals surface area contributed by atoms with Gasteiger partial charge in [0.25, 0.3) is 0 Å². The van der Waals surface area contributed by atoms with Crippen LogP contribution in [-0.2, 0) is 9.53 Å². The molecule has 0 saturated carbocycles. The van der Waals surface area contributed by atoms with E-state index in [4.69, 9.17) is 4.74 Å². The van der Waals surface area contributed by atoms with Gasteiger partial charge in [0.15, 0.2) is 0 Å². The molecule has 0 spiro atoms. The number of piperidine rings is 1. The number of aromatic nitrogens is 2. The topological polar surface area (TPSA) is 99.4 Å². The standard InChI is InChI=1S/C20H28BrN5O3/c1-5-15(27)25-14-10-23-18-16(14)17(13(21)9-22-18)26-8-6-7-12(11-26)24-19(28)29-20(2,3)4/h9-10,12H,5-8,11H2,1-4H3,(H,22,23)(H,24,28)(H,25,27). The largest absolute Gasteiger partial charge is 0.444 e. The van der Waals surface area contributed by atoms with Crippen molar-refractivity contribution in [2.75, 3.05) is 23.3 Å². The summed E-state index contributed by atoms with van der Waals surface area (Å²) in [4.78, 5) is 33.9. The average Bonchev–Trinajstić information content (AvgIpc) is 3.02. The fraction of sp³-hybridized carbons (Fsp3) is 0.550. The molecule has 2 aromatic rings. The van der Waals surface area contributed by atoms with Crippen LogP contribution in [0.3, 0.4) is 0 Å². The fourth-order valence-corrected chi connectivity index (χ4v) is 4.03. The van der Waals surface area contributed by atoms with Crippen molar-refractivity contribution in [1.82, 2.24) is 15.3 Å². The van der Waals surface area contributed by atoms with E-state index in [2.05, 4.69) is 41.4 Å². The van der Waals surface area contributed by atoms with Crippen LogP contribution in [0.2, 0.25) is 0 Å². The van der Waals surface area contributed by atoms with Gasteiger partial charge in [-0.3, -0.25) is 4.79 Å². The van der Waals surface area contributed by atoms with Gasteiger partial charge in [-0.2, -0.15) is 0 Å². The van der Waals surface area contributed by atoms with E-state index >= 15 is 0 Å². The number of carbonyl (C=O) groups is 2. The van der Waals surface area contributed by atoms with Crippen LogP contribution >= 0.6 is 15.9 Å². The zero-order chi connectivity index (χ0) is 21.2. The molecule has 2 amide bonds. The first kappa shape index (κ1) is 21.4. The number of fused-ring (bicyclic) bond motifs is 1. The molecule has 1 aliphatic rings. The predicted molar refractivity (Wildman–Crippen MR) is 117 cm³/mol. The Morgan fingerprint density at radius 1 is 1.41 bits per heavy atom. The number of H-pyrrole nitrogens is 1. The van der Waals surface area contributed by atoms with Crippen molar-refractivity contribution in [2.45, 2.75) is 58.6 Å². The van der Waals surface area contributed by atoms with Crippen LogP contribution in [0.15, 0.2) is 16.9 Å². The van der Waals surface area contributed by atoms with Gasteiger partial charge in [0.1, 0.15) is 11.2 Å². The third-order valence-electron chi connectivity index (χ3n) is 4.68. The number of aromatic amines is 1. The van der Waals surface area contributed by atoms with E-state index in [1.54, 1.807) is 12.4 Å². The molecule has 1 fully saturated rings. The Morgan fingerprint density at radius 2 is 2.17 bits per heavy atom. The number of ether oxygens (including phenoxy) is 1. The van der Waals surface area contributed by atoms with Crippen LogP contribution in [0.4, 0.5) is 16.2 Å². The molecule has 1 atom stereocenters. The third-order valence-corrected chi connectivity index (χ3v) is 5.26. The van der Waals surface area contributed by atoms with Crippen molar-refractivity contribution < 1.29 is 14.3 Å². The minimum atomic E-state index is -0.532. The Morgan fingerprint density at radius 3 is 2.86 bits per heavy atom. The van der Waals surface area contributed by atoms with Crippen LogP contribution in [0.25, 0.3) is 11.0 Å². The molecule has 1 aliphatic heterocycles. The summed E-state index contributed by atoms with van der Waals surface area (Å²) in [5.74, 6) is -0.0556. The van der Waals surface area contributed by atoms with E-state index in [-0.39, 0.29) is 11.9 Å². The van der Waals surface area contributed by atoms with Crippen molar-refractivity contribution >= 4 is 50.3 Å². The second-order valence-corrected chi connectivity index (χ2v) is 9.07. The number of hydrogen-bond donors (Lipinski definition) is 3. The summed E-state index contributed by atoms with van der Waals surface area (Å²) < 4.78 is 6.24. The zero-order valence-electron chi connectivity index (χ0n) is 17.3. The van der Waals surface area contributed by atoms with Crippen molar-refractivity contribution in [3.63, 3.8) is 0 Å². The van der Waals surface area contributed by atoms with Crippen molar-refractivity contribution in [3.8, 4) is 0 Å². The smallest absolute Gasteiger partial charge is 0.407 e. The Hall–Kier alpha value is -2.29. The van der Waals surface area contributed by atoms with Crippen molar-refractivity contribution in [2.24, 2.45) is 0 Å². The zero-order valence-corrected chi connectivity index (χ0v) is 18.9. The number of anilines is 2. The molecular formula is C20H28BrN5O3. The Kier molecular flexibility index (Phi) is 6.36. The molecule has 0 radical (unpaired) electrons. The van der Waals surface area contributed by atoms with Gasteiger partial charge in [-0.1, -0.05) is 6.92 Å². The minimum absolute atomic E-state index is 0.0265. The molecule has 1 saturated heterocycles. The van der Waals surface area contributed by atoms with Gasteiger partial charge >= 0.3 is 6.09 Å². The van der Waals surface area contributed by atoms with E-state index < -0.39 is 11.7 Å². The molecule has 3 N–H and O–H groups in total. The summed E-state index contributed by atoms with van der Waals surface area (Å²) in [5, 5.41) is 6.78. The first-order valence-electron chi connectivity index (χ1n) is 9.88. The van der Waals surface area contributed by atoms with Crippen molar-refractivity contribution in [1.29, 1.82) is 0 Å². The number of amides is 2. The average molecular weight is 466 g/mol. The van der Waals surface area contributed by atoms with Gasteiger partial charge in [-0.25, -0.2) is 9.78 Å². The molecule has 2 aromatic heterocycles. The van der Waals surface area contributed by atoms with Crippen LogP contribution in [0.5, 0.6) is 0 Å². The number of alkyl carbamates (subject to hydrolysis) is 1. The minimum Gasteiger partial charge on any atom is -0.444 e. The number of carbonyl (C=O) groups excluding carboxylic acids is 2. The first-order chi connectivity index (χ1) is 13.7. The molecule has 8 nitrogen and oxygen atoms in total. The maximum Gasteiger partial charge on any atom is 0.407 e. The lowest BCUT2D eigenvalue weighted by Gasteiger charge is -2.36. The molecule has 1 unspecified atom stereocenters. The summed E-state index contributed by atoms with van der Waals surface area (Å²) in [6.45, 7) is 8.85. The van der Waals surface area contributed by atoms with E-state index in [1.165, 1.54) is 0 Å².